The molecule has 1 aromatic carbocycles. The van der Waals surface area contributed by atoms with Crippen molar-refractivity contribution in [1.29, 1.82) is 5.26 Å². The zero-order valence-electron chi connectivity index (χ0n) is 9.85. The largest absolute Gasteiger partial charge is 0.377 e. The second-order valence-corrected chi connectivity index (χ2v) is 5.02. The maximum Gasteiger partial charge on any atom is 0.183 e. The first-order chi connectivity index (χ1) is 7.95. The Kier molecular flexibility index (Phi) is 2.78. The van der Waals surface area contributed by atoms with Gasteiger partial charge in [-0.2, -0.15) is 5.26 Å². The molecule has 0 bridgehead atoms. The number of nitrogens with zero attached hydrogens (tertiary/aromatic N) is 1. The molecular weight excluding hydrogens is 222 g/mol. The summed E-state index contributed by atoms with van der Waals surface area (Å²) in [6.07, 6.45) is 2.22. The van der Waals surface area contributed by atoms with Crippen molar-refractivity contribution in [3.8, 4) is 6.07 Å². The summed E-state index contributed by atoms with van der Waals surface area (Å²) in [5.41, 5.74) is -0.391. The van der Waals surface area contributed by atoms with Crippen molar-refractivity contribution in [2.75, 3.05) is 5.32 Å². The van der Waals surface area contributed by atoms with E-state index in [1.54, 1.807) is 6.07 Å². The molecular formula is C13H14F2N2. The molecule has 2 rings (SSSR count). The zero-order chi connectivity index (χ0) is 12.6. The van der Waals surface area contributed by atoms with Crippen LogP contribution in [0.2, 0.25) is 0 Å². The Balaban J connectivity index is 2.28. The van der Waals surface area contributed by atoms with Crippen LogP contribution in [0.1, 0.15) is 32.3 Å². The van der Waals surface area contributed by atoms with E-state index < -0.39 is 11.6 Å². The molecule has 1 aromatic rings. The van der Waals surface area contributed by atoms with Gasteiger partial charge in [0.15, 0.2) is 11.6 Å². The first-order valence-corrected chi connectivity index (χ1v) is 5.62. The molecule has 1 aliphatic carbocycles. The van der Waals surface area contributed by atoms with Crippen LogP contribution in [0.25, 0.3) is 0 Å². The van der Waals surface area contributed by atoms with Crippen LogP contribution < -0.4 is 5.32 Å². The predicted octanol–water partition coefficient (Wildman–Crippen LogP) is 3.44. The van der Waals surface area contributed by atoms with Gasteiger partial charge in [-0.05, 0) is 44.7 Å². The summed E-state index contributed by atoms with van der Waals surface area (Å²) in [6, 6.07) is 4.33. The molecule has 0 unspecified atom stereocenters. The highest BCUT2D eigenvalue weighted by Crippen LogP contribution is 2.41. The average Bonchev–Trinajstić information content (AvgIpc) is 3.09. The minimum atomic E-state index is -1.08. The van der Waals surface area contributed by atoms with Crippen molar-refractivity contribution in [2.24, 2.45) is 5.92 Å². The summed E-state index contributed by atoms with van der Waals surface area (Å²) in [7, 11) is 0. The Morgan fingerprint density at radius 2 is 1.94 bits per heavy atom. The second-order valence-electron chi connectivity index (χ2n) is 5.02. The molecule has 1 N–H and O–H groups in total. The lowest BCUT2D eigenvalue weighted by molar-refractivity contribution is 0.476. The van der Waals surface area contributed by atoms with E-state index in [0.29, 0.717) is 5.92 Å². The van der Waals surface area contributed by atoms with Crippen LogP contribution in [-0.2, 0) is 0 Å². The van der Waals surface area contributed by atoms with Crippen LogP contribution in [0, 0.1) is 28.9 Å². The summed E-state index contributed by atoms with van der Waals surface area (Å²) in [5.74, 6) is -1.55. The van der Waals surface area contributed by atoms with Crippen LogP contribution in [-0.4, -0.2) is 5.54 Å². The van der Waals surface area contributed by atoms with E-state index in [9.17, 15) is 8.78 Å². The van der Waals surface area contributed by atoms with Gasteiger partial charge >= 0.3 is 0 Å². The number of nitrogens with one attached hydrogen (secondary N) is 1. The summed E-state index contributed by atoms with van der Waals surface area (Å²) in [6.45, 7) is 3.94. The van der Waals surface area contributed by atoms with Crippen molar-refractivity contribution in [3.05, 3.63) is 29.3 Å². The predicted molar refractivity (Wildman–Crippen MR) is 61.5 cm³/mol. The molecule has 0 spiro atoms. The Labute approximate surface area is 99.3 Å². The summed E-state index contributed by atoms with van der Waals surface area (Å²) in [5, 5.41) is 11.6. The topological polar surface area (TPSA) is 35.8 Å². The molecule has 0 saturated heterocycles. The number of anilines is 1. The number of halogens is 2. The highest BCUT2D eigenvalue weighted by atomic mass is 19.2. The van der Waals surface area contributed by atoms with Gasteiger partial charge in [0, 0.05) is 5.54 Å². The van der Waals surface area contributed by atoms with E-state index >= 15 is 0 Å². The molecule has 0 atom stereocenters. The Bertz CT molecular complexity index is 485. The fourth-order valence-electron chi connectivity index (χ4n) is 1.99. The van der Waals surface area contributed by atoms with Gasteiger partial charge in [0.25, 0.3) is 0 Å². The normalized spacial score (nSPS) is 15.5. The molecule has 17 heavy (non-hydrogen) atoms. The van der Waals surface area contributed by atoms with Gasteiger partial charge in [0.2, 0.25) is 0 Å². The first-order valence-electron chi connectivity index (χ1n) is 5.62. The van der Waals surface area contributed by atoms with Gasteiger partial charge < -0.3 is 5.32 Å². The van der Waals surface area contributed by atoms with Gasteiger partial charge in [0.05, 0.1) is 11.3 Å². The third-order valence-electron chi connectivity index (χ3n) is 3.26. The minimum Gasteiger partial charge on any atom is -0.377 e. The first kappa shape index (κ1) is 11.8. The Morgan fingerprint density at radius 3 is 2.47 bits per heavy atom. The quantitative estimate of drug-likeness (QED) is 0.872. The Hall–Kier alpha value is -1.63. The highest BCUT2D eigenvalue weighted by Gasteiger charge is 2.38. The molecule has 0 radical (unpaired) electrons. The van der Waals surface area contributed by atoms with Crippen LogP contribution in [0.3, 0.4) is 0 Å². The molecule has 0 aromatic heterocycles. The lowest BCUT2D eigenvalue weighted by atomic mass is 9.98. The monoisotopic (exact) mass is 236 g/mol. The molecule has 0 amide bonds. The fraction of sp³-hybridized carbons (Fsp3) is 0.462. The molecule has 1 aliphatic rings. The molecule has 0 aliphatic heterocycles. The average molecular weight is 236 g/mol. The molecule has 1 saturated carbocycles. The summed E-state index contributed by atoms with van der Waals surface area (Å²) < 4.78 is 27.1. The zero-order valence-corrected chi connectivity index (χ0v) is 9.85. The Morgan fingerprint density at radius 1 is 1.29 bits per heavy atom. The number of nitriles is 1. The third-order valence-corrected chi connectivity index (χ3v) is 3.26. The van der Waals surface area contributed by atoms with E-state index in [-0.39, 0.29) is 16.8 Å². The van der Waals surface area contributed by atoms with Crippen molar-refractivity contribution >= 4 is 5.69 Å². The van der Waals surface area contributed by atoms with Crippen molar-refractivity contribution in [2.45, 2.75) is 32.2 Å². The standard InChI is InChI=1S/C13H14F2N2/c1-13(2,9-4-5-9)17-10-6-3-8(7-16)11(14)12(10)15/h3,6,9,17H,4-5H2,1-2H3. The van der Waals surface area contributed by atoms with Crippen LogP contribution in [0.5, 0.6) is 0 Å². The van der Waals surface area contributed by atoms with Gasteiger partial charge in [0.1, 0.15) is 6.07 Å². The summed E-state index contributed by atoms with van der Waals surface area (Å²) in [4.78, 5) is 0. The van der Waals surface area contributed by atoms with E-state index in [2.05, 4.69) is 5.32 Å². The maximum atomic E-state index is 13.7. The van der Waals surface area contributed by atoms with Gasteiger partial charge in [-0.15, -0.1) is 0 Å². The van der Waals surface area contributed by atoms with Crippen LogP contribution in [0.15, 0.2) is 12.1 Å². The van der Waals surface area contributed by atoms with E-state index in [1.807, 2.05) is 13.8 Å². The molecule has 2 nitrogen and oxygen atoms in total. The molecule has 1 fully saturated rings. The van der Waals surface area contributed by atoms with Gasteiger partial charge in [-0.3, -0.25) is 0 Å². The number of hydrogen-bond donors (Lipinski definition) is 1. The fourth-order valence-corrected chi connectivity index (χ4v) is 1.99. The molecule has 4 heteroatoms. The number of benzene rings is 1. The number of rotatable bonds is 3. The van der Waals surface area contributed by atoms with Gasteiger partial charge in [-0.25, -0.2) is 8.78 Å². The maximum absolute atomic E-state index is 13.7. The number of hydrogen-bond acceptors (Lipinski definition) is 2. The third kappa shape index (κ3) is 2.23. The van der Waals surface area contributed by atoms with Crippen molar-refractivity contribution in [1.82, 2.24) is 0 Å². The smallest absolute Gasteiger partial charge is 0.183 e. The lowest BCUT2D eigenvalue weighted by Crippen LogP contribution is -2.33. The summed E-state index contributed by atoms with van der Waals surface area (Å²) >= 11 is 0. The van der Waals surface area contributed by atoms with Crippen molar-refractivity contribution in [3.63, 3.8) is 0 Å². The SMILES string of the molecule is CC(C)(Nc1ccc(C#N)c(F)c1F)C1CC1. The highest BCUT2D eigenvalue weighted by molar-refractivity contribution is 5.51. The lowest BCUT2D eigenvalue weighted by Gasteiger charge is -2.27. The molecule has 90 valence electrons. The molecule has 0 heterocycles. The van der Waals surface area contributed by atoms with E-state index in [0.717, 1.165) is 12.8 Å². The van der Waals surface area contributed by atoms with Crippen LogP contribution >= 0.6 is 0 Å². The van der Waals surface area contributed by atoms with E-state index in [4.69, 9.17) is 5.26 Å². The second kappa shape index (κ2) is 3.99. The van der Waals surface area contributed by atoms with Crippen molar-refractivity contribution < 1.29 is 8.78 Å². The minimum absolute atomic E-state index is 0.124. The van der Waals surface area contributed by atoms with E-state index in [1.165, 1.54) is 12.1 Å². The van der Waals surface area contributed by atoms with Crippen LogP contribution in [0.4, 0.5) is 14.5 Å². The van der Waals surface area contributed by atoms with Gasteiger partial charge in [-0.1, -0.05) is 0 Å².